The van der Waals surface area contributed by atoms with Gasteiger partial charge in [0.1, 0.15) is 0 Å². The minimum atomic E-state index is -1.80. The van der Waals surface area contributed by atoms with Gasteiger partial charge in [-0.15, -0.1) is 11.3 Å². The van der Waals surface area contributed by atoms with Crippen molar-refractivity contribution in [1.82, 2.24) is 15.2 Å². The summed E-state index contributed by atoms with van der Waals surface area (Å²) in [4.78, 5) is 31.7. The third kappa shape index (κ3) is 4.95. The second kappa shape index (κ2) is 9.77. The Labute approximate surface area is 168 Å². The van der Waals surface area contributed by atoms with Gasteiger partial charge >= 0.3 is 0 Å². The fourth-order valence-electron chi connectivity index (χ4n) is 3.43. The number of amides is 2. The molecule has 8 heteroatoms. The van der Waals surface area contributed by atoms with Gasteiger partial charge in [0, 0.05) is 30.4 Å². The highest BCUT2D eigenvalue weighted by atomic mass is 32.1. The van der Waals surface area contributed by atoms with E-state index in [1.54, 1.807) is 34.7 Å². The van der Waals surface area contributed by atoms with Crippen LogP contribution >= 0.6 is 11.3 Å². The first-order valence-electron chi connectivity index (χ1n) is 9.44. The lowest BCUT2D eigenvalue weighted by atomic mass is 9.95. The smallest absolute Gasteiger partial charge is 0.255 e. The molecule has 0 aliphatic carbocycles. The zero-order valence-electron chi connectivity index (χ0n) is 15.5. The molecule has 28 heavy (non-hydrogen) atoms. The first-order valence-corrected chi connectivity index (χ1v) is 10.3. The van der Waals surface area contributed by atoms with E-state index < -0.39 is 24.0 Å². The molecule has 2 amide bonds. The number of carbonyl (C=O) groups excluding carboxylic acids is 2. The summed E-state index contributed by atoms with van der Waals surface area (Å²) in [5.41, 5.74) is 0.887. The molecular weight excluding hydrogens is 378 g/mol. The van der Waals surface area contributed by atoms with Crippen LogP contribution in [0.2, 0.25) is 0 Å². The van der Waals surface area contributed by atoms with E-state index in [4.69, 9.17) is 0 Å². The van der Waals surface area contributed by atoms with Gasteiger partial charge in [0.15, 0.2) is 12.2 Å². The molecule has 0 radical (unpaired) electrons. The maximum Gasteiger partial charge on any atom is 0.255 e. The van der Waals surface area contributed by atoms with Crippen molar-refractivity contribution in [2.24, 2.45) is 0 Å². The molecule has 7 nitrogen and oxygen atoms in total. The van der Waals surface area contributed by atoms with E-state index in [1.165, 1.54) is 0 Å². The van der Waals surface area contributed by atoms with Crippen LogP contribution in [-0.2, 0) is 16.0 Å². The van der Waals surface area contributed by atoms with Crippen molar-refractivity contribution in [1.29, 1.82) is 0 Å². The van der Waals surface area contributed by atoms with Crippen LogP contribution in [0.15, 0.2) is 42.0 Å². The summed E-state index contributed by atoms with van der Waals surface area (Å²) in [6.07, 6.45) is 2.95. The van der Waals surface area contributed by atoms with Crippen LogP contribution in [0.4, 0.5) is 0 Å². The standard InChI is InChI=1S/C20H25N3O4S/c24-17(19(26)22-10-8-15-6-4-12-28-15)18(25)20(27)23-11-2-1-7-16(23)14-5-3-9-21-13-14/h3-6,9,12-13,16-18,24-25H,1-2,7-8,10-11H2,(H,22,26)/t16?,17-,18?/m1/s1. The molecule has 0 saturated carbocycles. The lowest BCUT2D eigenvalue weighted by Crippen LogP contribution is -2.52. The number of nitrogens with one attached hydrogen (secondary N) is 1. The summed E-state index contributed by atoms with van der Waals surface area (Å²) in [5.74, 6) is -1.37. The van der Waals surface area contributed by atoms with Crippen molar-refractivity contribution >= 4 is 23.2 Å². The number of hydrogen-bond donors (Lipinski definition) is 3. The average Bonchev–Trinajstić information content (AvgIpc) is 3.26. The molecule has 3 N–H and O–H groups in total. The molecular formula is C20H25N3O4S. The number of likely N-dealkylation sites (tertiary alicyclic amines) is 1. The number of aliphatic hydroxyl groups excluding tert-OH is 2. The number of carbonyl (C=O) groups is 2. The van der Waals surface area contributed by atoms with Crippen LogP contribution in [0.5, 0.6) is 0 Å². The third-order valence-electron chi connectivity index (χ3n) is 4.93. The second-order valence-corrected chi connectivity index (χ2v) is 7.87. The molecule has 150 valence electrons. The number of thiophene rings is 1. The molecule has 0 aromatic carbocycles. The number of aliphatic hydroxyl groups is 2. The van der Waals surface area contributed by atoms with Crippen molar-refractivity contribution in [3.63, 3.8) is 0 Å². The molecule has 0 spiro atoms. The van der Waals surface area contributed by atoms with Gasteiger partial charge in [-0.05, 0) is 48.8 Å². The molecule has 3 atom stereocenters. The Morgan fingerprint density at radius 2 is 2.11 bits per heavy atom. The van der Waals surface area contributed by atoms with Crippen LogP contribution in [0, 0.1) is 0 Å². The molecule has 1 aliphatic heterocycles. The number of hydrogen-bond acceptors (Lipinski definition) is 6. The summed E-state index contributed by atoms with van der Waals surface area (Å²) in [6, 6.07) is 7.37. The molecule has 0 bridgehead atoms. The molecule has 2 aromatic heterocycles. The van der Waals surface area contributed by atoms with Gasteiger partial charge in [0.25, 0.3) is 11.8 Å². The molecule has 1 fully saturated rings. The van der Waals surface area contributed by atoms with E-state index in [1.807, 2.05) is 23.6 Å². The van der Waals surface area contributed by atoms with Crippen LogP contribution in [0.1, 0.15) is 35.7 Å². The first-order chi connectivity index (χ1) is 13.6. The Balaban J connectivity index is 1.58. The highest BCUT2D eigenvalue weighted by Crippen LogP contribution is 2.31. The quantitative estimate of drug-likeness (QED) is 0.646. The summed E-state index contributed by atoms with van der Waals surface area (Å²) in [5, 5.41) is 25.1. The average molecular weight is 404 g/mol. The summed E-state index contributed by atoms with van der Waals surface area (Å²) >= 11 is 1.58. The van der Waals surface area contributed by atoms with E-state index in [0.717, 1.165) is 29.7 Å². The summed E-state index contributed by atoms with van der Waals surface area (Å²) in [7, 11) is 0. The van der Waals surface area contributed by atoms with E-state index in [0.29, 0.717) is 19.5 Å². The number of pyridine rings is 1. The van der Waals surface area contributed by atoms with Crippen LogP contribution < -0.4 is 5.32 Å². The minimum Gasteiger partial charge on any atom is -0.380 e. The maximum atomic E-state index is 12.8. The number of piperidine rings is 1. The molecule has 3 rings (SSSR count). The van der Waals surface area contributed by atoms with Gasteiger partial charge in [0.2, 0.25) is 0 Å². The molecule has 1 saturated heterocycles. The van der Waals surface area contributed by atoms with Gasteiger partial charge < -0.3 is 20.4 Å². The topological polar surface area (TPSA) is 103 Å². The van der Waals surface area contributed by atoms with E-state index in [-0.39, 0.29) is 6.04 Å². The molecule has 3 heterocycles. The predicted molar refractivity (Wildman–Crippen MR) is 106 cm³/mol. The van der Waals surface area contributed by atoms with E-state index >= 15 is 0 Å². The summed E-state index contributed by atoms with van der Waals surface area (Å²) < 4.78 is 0. The molecule has 2 aromatic rings. The predicted octanol–water partition coefficient (Wildman–Crippen LogP) is 1.28. The van der Waals surface area contributed by atoms with Crippen molar-refractivity contribution in [2.45, 2.75) is 43.9 Å². The van der Waals surface area contributed by atoms with Gasteiger partial charge in [-0.25, -0.2) is 0 Å². The SMILES string of the molecule is O=C(NCCc1cccs1)[C@H](O)C(O)C(=O)N1CCCCC1c1cccnc1. The minimum absolute atomic E-state index is 0.210. The Kier molecular flexibility index (Phi) is 7.13. The largest absolute Gasteiger partial charge is 0.380 e. The van der Waals surface area contributed by atoms with Crippen molar-refractivity contribution in [3.05, 3.63) is 52.5 Å². The fraction of sp³-hybridized carbons (Fsp3) is 0.450. The highest BCUT2D eigenvalue weighted by molar-refractivity contribution is 7.09. The zero-order chi connectivity index (χ0) is 19.9. The lowest BCUT2D eigenvalue weighted by molar-refractivity contribution is -0.156. The third-order valence-corrected chi connectivity index (χ3v) is 5.86. The highest BCUT2D eigenvalue weighted by Gasteiger charge is 2.37. The van der Waals surface area contributed by atoms with Gasteiger partial charge in [-0.3, -0.25) is 14.6 Å². The molecule has 1 aliphatic rings. The second-order valence-electron chi connectivity index (χ2n) is 6.84. The Hall–Kier alpha value is -2.29. The number of nitrogens with zero attached hydrogens (tertiary/aromatic N) is 2. The number of rotatable bonds is 7. The Morgan fingerprint density at radius 1 is 1.25 bits per heavy atom. The van der Waals surface area contributed by atoms with Gasteiger partial charge in [-0.1, -0.05) is 12.1 Å². The molecule has 2 unspecified atom stereocenters. The lowest BCUT2D eigenvalue weighted by Gasteiger charge is -2.37. The monoisotopic (exact) mass is 403 g/mol. The van der Waals surface area contributed by atoms with Crippen molar-refractivity contribution in [3.8, 4) is 0 Å². The Morgan fingerprint density at radius 3 is 2.82 bits per heavy atom. The van der Waals surface area contributed by atoms with Gasteiger partial charge in [-0.2, -0.15) is 0 Å². The van der Waals surface area contributed by atoms with Crippen molar-refractivity contribution < 1.29 is 19.8 Å². The zero-order valence-corrected chi connectivity index (χ0v) is 16.3. The maximum absolute atomic E-state index is 12.8. The normalized spacial score (nSPS) is 19.1. The van der Waals surface area contributed by atoms with Gasteiger partial charge in [0.05, 0.1) is 6.04 Å². The van der Waals surface area contributed by atoms with Crippen LogP contribution in [-0.4, -0.2) is 57.2 Å². The summed E-state index contributed by atoms with van der Waals surface area (Å²) in [6.45, 7) is 0.807. The van der Waals surface area contributed by atoms with E-state index in [9.17, 15) is 19.8 Å². The van der Waals surface area contributed by atoms with E-state index in [2.05, 4.69) is 10.3 Å². The number of aromatic nitrogens is 1. The van der Waals surface area contributed by atoms with Crippen LogP contribution in [0.3, 0.4) is 0 Å². The first kappa shape index (κ1) is 20.4. The van der Waals surface area contributed by atoms with Crippen molar-refractivity contribution in [2.75, 3.05) is 13.1 Å². The van der Waals surface area contributed by atoms with Crippen LogP contribution in [0.25, 0.3) is 0 Å². The Bertz CT molecular complexity index is 769. The fourth-order valence-corrected chi connectivity index (χ4v) is 4.14.